The maximum Gasteiger partial charge on any atom is 0.246 e. The largest absolute Gasteiger partial charge is 0.273 e. The maximum absolute atomic E-state index is 12.7. The summed E-state index contributed by atoms with van der Waals surface area (Å²) in [6.07, 6.45) is 2.15. The summed E-state index contributed by atoms with van der Waals surface area (Å²) in [5.74, 6) is 0.444. The van der Waals surface area contributed by atoms with Crippen molar-refractivity contribution >= 4 is 39.7 Å². The van der Waals surface area contributed by atoms with Crippen LogP contribution in [0.1, 0.15) is 11.5 Å². The van der Waals surface area contributed by atoms with Crippen LogP contribution in [0.5, 0.6) is 0 Å². The van der Waals surface area contributed by atoms with Crippen LogP contribution in [-0.2, 0) is 4.79 Å². The molecule has 1 aromatic heterocycles. The van der Waals surface area contributed by atoms with Crippen molar-refractivity contribution in [3.8, 4) is 0 Å². The number of rotatable bonds is 1. The third-order valence-electron chi connectivity index (χ3n) is 3.55. The molecule has 0 aliphatic carbocycles. The molecule has 0 spiro atoms. The summed E-state index contributed by atoms with van der Waals surface area (Å²) in [6.45, 7) is 0. The van der Waals surface area contributed by atoms with E-state index in [1.54, 1.807) is 23.1 Å². The van der Waals surface area contributed by atoms with Gasteiger partial charge in [-0.3, -0.25) is 9.69 Å². The molecule has 0 fully saturated rings. The van der Waals surface area contributed by atoms with E-state index in [1.807, 2.05) is 35.2 Å². The number of carbonyl (C=O) groups excluding carboxylic acids is 1. The first-order chi connectivity index (χ1) is 9.36. The fraction of sp³-hybridized carbons (Fsp3) is 0.133. The molecule has 2 unspecified atom stereocenters. The fourth-order valence-electron chi connectivity index (χ4n) is 2.67. The SMILES string of the molecule is O=C1C2SC=CC2c2ccsc2N1c1ccccc1. The van der Waals surface area contributed by atoms with Crippen molar-refractivity contribution in [1.82, 2.24) is 0 Å². The van der Waals surface area contributed by atoms with Gasteiger partial charge in [0.1, 0.15) is 5.00 Å². The summed E-state index contributed by atoms with van der Waals surface area (Å²) >= 11 is 3.28. The van der Waals surface area contributed by atoms with Crippen LogP contribution in [0.2, 0.25) is 0 Å². The summed E-state index contributed by atoms with van der Waals surface area (Å²) in [4.78, 5) is 14.6. The van der Waals surface area contributed by atoms with Crippen molar-refractivity contribution < 1.29 is 4.79 Å². The Balaban J connectivity index is 1.89. The van der Waals surface area contributed by atoms with Gasteiger partial charge in [-0.25, -0.2) is 0 Å². The monoisotopic (exact) mass is 285 g/mol. The minimum absolute atomic E-state index is 0.00214. The Labute approximate surface area is 119 Å². The Bertz CT molecular complexity index is 662. The number of thiophene rings is 1. The van der Waals surface area contributed by atoms with Gasteiger partial charge in [-0.2, -0.15) is 0 Å². The number of nitrogens with zero attached hydrogens (tertiary/aromatic N) is 1. The molecule has 2 atom stereocenters. The van der Waals surface area contributed by atoms with Crippen LogP contribution in [0.3, 0.4) is 0 Å². The van der Waals surface area contributed by atoms with Gasteiger partial charge in [-0.15, -0.1) is 23.1 Å². The Kier molecular flexibility index (Phi) is 2.53. The average Bonchev–Trinajstić information content (AvgIpc) is 3.08. The van der Waals surface area contributed by atoms with Crippen molar-refractivity contribution in [2.24, 2.45) is 0 Å². The van der Waals surface area contributed by atoms with E-state index in [0.717, 1.165) is 10.7 Å². The van der Waals surface area contributed by atoms with Crippen LogP contribution in [0.25, 0.3) is 0 Å². The van der Waals surface area contributed by atoms with Crippen LogP contribution < -0.4 is 4.90 Å². The number of hydrogen-bond donors (Lipinski definition) is 0. The molecule has 4 rings (SSSR count). The molecule has 2 nitrogen and oxygen atoms in total. The molecule has 0 N–H and O–H groups in total. The second kappa shape index (κ2) is 4.25. The van der Waals surface area contributed by atoms with Gasteiger partial charge in [0.05, 0.1) is 5.25 Å². The van der Waals surface area contributed by atoms with E-state index in [-0.39, 0.29) is 17.1 Å². The standard InChI is InChI=1S/C15H11NOS2/c17-14-13-11(6-8-18-13)12-7-9-19-15(12)16(14)10-4-2-1-3-5-10/h1-9,11,13H. The average molecular weight is 285 g/mol. The molecule has 3 heterocycles. The first-order valence-corrected chi connectivity index (χ1v) is 7.97. The number of thioether (sulfide) groups is 1. The van der Waals surface area contributed by atoms with E-state index in [4.69, 9.17) is 0 Å². The molecule has 2 aliphatic heterocycles. The van der Waals surface area contributed by atoms with Crippen molar-refractivity contribution in [2.75, 3.05) is 4.90 Å². The lowest BCUT2D eigenvalue weighted by Crippen LogP contribution is -2.40. The zero-order valence-electron chi connectivity index (χ0n) is 10.0. The minimum atomic E-state index is 0.00214. The van der Waals surface area contributed by atoms with E-state index in [0.29, 0.717) is 0 Å². The molecule has 0 saturated carbocycles. The first-order valence-electron chi connectivity index (χ1n) is 6.15. The number of hydrogen-bond acceptors (Lipinski definition) is 3. The summed E-state index contributed by atoms with van der Waals surface area (Å²) in [7, 11) is 0. The van der Waals surface area contributed by atoms with Gasteiger partial charge < -0.3 is 0 Å². The summed E-state index contributed by atoms with van der Waals surface area (Å²) in [5, 5.41) is 5.21. The van der Waals surface area contributed by atoms with Gasteiger partial charge in [0.25, 0.3) is 0 Å². The maximum atomic E-state index is 12.7. The van der Waals surface area contributed by atoms with Crippen LogP contribution in [-0.4, -0.2) is 11.2 Å². The van der Waals surface area contributed by atoms with E-state index >= 15 is 0 Å². The molecular formula is C15H11NOS2. The number of fused-ring (bicyclic) bond motifs is 3. The zero-order chi connectivity index (χ0) is 12.8. The Hall–Kier alpha value is -1.52. The van der Waals surface area contributed by atoms with E-state index in [9.17, 15) is 4.79 Å². The Morgan fingerprint density at radius 1 is 1.11 bits per heavy atom. The topological polar surface area (TPSA) is 20.3 Å². The fourth-order valence-corrected chi connectivity index (χ4v) is 4.72. The lowest BCUT2D eigenvalue weighted by molar-refractivity contribution is -0.117. The predicted molar refractivity (Wildman–Crippen MR) is 81.2 cm³/mol. The normalized spacial score (nSPS) is 24.4. The van der Waals surface area contributed by atoms with E-state index in [2.05, 4.69) is 22.9 Å². The lowest BCUT2D eigenvalue weighted by Gasteiger charge is -2.33. The quantitative estimate of drug-likeness (QED) is 0.785. The van der Waals surface area contributed by atoms with Crippen LogP contribution in [0, 0.1) is 0 Å². The first kappa shape index (κ1) is 11.3. The van der Waals surface area contributed by atoms with Gasteiger partial charge in [-0.1, -0.05) is 24.3 Å². The van der Waals surface area contributed by atoms with Crippen molar-refractivity contribution in [3.05, 3.63) is 58.8 Å². The molecular weight excluding hydrogens is 274 g/mol. The molecule has 94 valence electrons. The summed E-state index contributed by atoms with van der Waals surface area (Å²) < 4.78 is 0. The number of para-hydroxylation sites is 1. The highest BCUT2D eigenvalue weighted by atomic mass is 32.2. The highest BCUT2D eigenvalue weighted by Crippen LogP contribution is 2.50. The Morgan fingerprint density at radius 3 is 2.79 bits per heavy atom. The highest BCUT2D eigenvalue weighted by molar-refractivity contribution is 8.03. The van der Waals surface area contributed by atoms with Crippen LogP contribution in [0.15, 0.2) is 53.3 Å². The van der Waals surface area contributed by atoms with E-state index in [1.165, 1.54) is 5.56 Å². The lowest BCUT2D eigenvalue weighted by atomic mass is 9.93. The van der Waals surface area contributed by atoms with Gasteiger partial charge in [0, 0.05) is 11.6 Å². The third kappa shape index (κ3) is 1.60. The Morgan fingerprint density at radius 2 is 1.95 bits per heavy atom. The van der Waals surface area contributed by atoms with Crippen molar-refractivity contribution in [3.63, 3.8) is 0 Å². The summed E-state index contributed by atoms with van der Waals surface area (Å²) in [5.41, 5.74) is 2.24. The highest BCUT2D eigenvalue weighted by Gasteiger charge is 2.42. The minimum Gasteiger partial charge on any atom is -0.273 e. The smallest absolute Gasteiger partial charge is 0.246 e. The van der Waals surface area contributed by atoms with Gasteiger partial charge in [0.15, 0.2) is 0 Å². The predicted octanol–water partition coefficient (Wildman–Crippen LogP) is 4.14. The summed E-state index contributed by atoms with van der Waals surface area (Å²) in [6, 6.07) is 12.1. The van der Waals surface area contributed by atoms with Crippen LogP contribution >= 0.6 is 23.1 Å². The molecule has 2 aromatic rings. The van der Waals surface area contributed by atoms with Crippen molar-refractivity contribution in [2.45, 2.75) is 11.2 Å². The zero-order valence-corrected chi connectivity index (χ0v) is 11.7. The molecule has 0 saturated heterocycles. The molecule has 1 amide bonds. The van der Waals surface area contributed by atoms with E-state index < -0.39 is 0 Å². The number of amides is 1. The molecule has 0 bridgehead atoms. The van der Waals surface area contributed by atoms with Crippen molar-refractivity contribution in [1.29, 1.82) is 0 Å². The molecule has 19 heavy (non-hydrogen) atoms. The second-order valence-electron chi connectivity index (χ2n) is 4.60. The number of carbonyl (C=O) groups is 1. The molecule has 2 aliphatic rings. The molecule has 0 radical (unpaired) electrons. The van der Waals surface area contributed by atoms with Gasteiger partial charge >= 0.3 is 0 Å². The van der Waals surface area contributed by atoms with Gasteiger partial charge in [-0.05, 0) is 34.6 Å². The molecule has 1 aromatic carbocycles. The molecule has 4 heteroatoms. The second-order valence-corrected chi connectivity index (χ2v) is 6.55. The number of allylic oxidation sites excluding steroid dienone is 1. The van der Waals surface area contributed by atoms with Gasteiger partial charge in [0.2, 0.25) is 5.91 Å². The third-order valence-corrected chi connectivity index (χ3v) is 5.57. The number of benzene rings is 1. The number of anilines is 2. The van der Waals surface area contributed by atoms with Crippen LogP contribution in [0.4, 0.5) is 10.7 Å².